The maximum absolute atomic E-state index is 12.5. The van der Waals surface area contributed by atoms with E-state index in [1.807, 2.05) is 0 Å². The predicted molar refractivity (Wildman–Crippen MR) is 110 cm³/mol. The monoisotopic (exact) mass is 419 g/mol. The zero-order valence-corrected chi connectivity index (χ0v) is 17.8. The average Bonchev–Trinajstić information content (AvgIpc) is 3.40. The molecule has 0 aliphatic heterocycles. The number of rotatable bonds is 7. The van der Waals surface area contributed by atoms with Crippen LogP contribution in [0.1, 0.15) is 72.7 Å². The second-order valence-corrected chi connectivity index (χ2v) is 9.59. The third-order valence-corrected chi connectivity index (χ3v) is 7.79. The molecule has 29 heavy (non-hydrogen) atoms. The number of thiophene rings is 1. The van der Waals surface area contributed by atoms with Crippen LogP contribution in [0.5, 0.6) is 0 Å². The van der Waals surface area contributed by atoms with Gasteiger partial charge in [-0.15, -0.1) is 11.3 Å². The van der Waals surface area contributed by atoms with Crippen molar-refractivity contribution in [3.8, 4) is 0 Å². The van der Waals surface area contributed by atoms with Gasteiger partial charge in [-0.25, -0.2) is 4.79 Å². The molecule has 0 radical (unpaired) electrons. The summed E-state index contributed by atoms with van der Waals surface area (Å²) in [5.74, 6) is 0.765. The number of fused-ring (bicyclic) bond motifs is 3. The number of esters is 2. The lowest BCUT2D eigenvalue weighted by Crippen LogP contribution is -2.23. The van der Waals surface area contributed by atoms with Crippen molar-refractivity contribution in [3.63, 3.8) is 0 Å². The number of nitrogens with one attached hydrogen (secondary N) is 1. The zero-order valence-electron chi connectivity index (χ0n) is 17.0. The first-order valence-corrected chi connectivity index (χ1v) is 11.6. The summed E-state index contributed by atoms with van der Waals surface area (Å²) in [4.78, 5) is 38.2. The van der Waals surface area contributed by atoms with Gasteiger partial charge in [-0.1, -0.05) is 6.42 Å². The third kappa shape index (κ3) is 4.49. The number of ether oxygens (including phenoxy) is 2. The van der Waals surface area contributed by atoms with E-state index >= 15 is 0 Å². The minimum atomic E-state index is -0.407. The Morgan fingerprint density at radius 2 is 1.93 bits per heavy atom. The van der Waals surface area contributed by atoms with Crippen LogP contribution < -0.4 is 5.32 Å². The molecule has 158 valence electrons. The summed E-state index contributed by atoms with van der Waals surface area (Å²) in [5.41, 5.74) is 1.48. The van der Waals surface area contributed by atoms with Crippen LogP contribution in [0.15, 0.2) is 0 Å². The number of carbonyl (C=O) groups excluding carboxylic acids is 3. The summed E-state index contributed by atoms with van der Waals surface area (Å²) in [6, 6.07) is 0. The number of hydrogen-bond donors (Lipinski definition) is 1. The Labute approximate surface area is 175 Å². The van der Waals surface area contributed by atoms with Crippen LogP contribution in [-0.2, 0) is 31.9 Å². The molecule has 3 aliphatic rings. The normalized spacial score (nSPS) is 24.8. The summed E-state index contributed by atoms with van der Waals surface area (Å²) in [6.45, 7) is 1.74. The molecule has 0 saturated heterocycles. The fraction of sp³-hybridized carbons (Fsp3) is 0.682. The Morgan fingerprint density at radius 1 is 1.10 bits per heavy atom. The summed E-state index contributed by atoms with van der Waals surface area (Å²) >= 11 is 1.44. The van der Waals surface area contributed by atoms with Crippen LogP contribution in [0.4, 0.5) is 5.00 Å². The molecule has 3 aliphatic carbocycles. The Morgan fingerprint density at radius 3 is 2.66 bits per heavy atom. The van der Waals surface area contributed by atoms with Gasteiger partial charge in [0.05, 0.1) is 12.2 Å². The summed E-state index contributed by atoms with van der Waals surface area (Å²) < 4.78 is 10.4. The third-order valence-electron chi connectivity index (χ3n) is 6.58. The van der Waals surface area contributed by atoms with E-state index in [4.69, 9.17) is 9.47 Å². The van der Waals surface area contributed by atoms with Gasteiger partial charge >= 0.3 is 11.9 Å². The molecule has 7 heteroatoms. The van der Waals surface area contributed by atoms with Gasteiger partial charge in [0.15, 0.2) is 6.61 Å². The molecule has 2 fully saturated rings. The maximum atomic E-state index is 12.5. The molecular weight excluding hydrogens is 390 g/mol. The molecule has 6 nitrogen and oxygen atoms in total. The second kappa shape index (κ2) is 8.86. The molecule has 1 heterocycles. The highest BCUT2D eigenvalue weighted by Gasteiger charge is 2.40. The fourth-order valence-corrected chi connectivity index (χ4v) is 6.57. The van der Waals surface area contributed by atoms with Crippen molar-refractivity contribution in [2.45, 2.75) is 64.7 Å². The van der Waals surface area contributed by atoms with Crippen molar-refractivity contribution < 1.29 is 23.9 Å². The Bertz CT molecular complexity index is 801. The van der Waals surface area contributed by atoms with Crippen molar-refractivity contribution in [2.75, 3.05) is 18.5 Å². The van der Waals surface area contributed by atoms with Crippen LogP contribution in [-0.4, -0.2) is 31.1 Å². The Hall–Kier alpha value is -1.89. The largest absolute Gasteiger partial charge is 0.462 e. The number of hydrogen-bond acceptors (Lipinski definition) is 6. The van der Waals surface area contributed by atoms with Crippen LogP contribution in [0.2, 0.25) is 0 Å². The van der Waals surface area contributed by atoms with Gasteiger partial charge in [-0.05, 0) is 75.2 Å². The summed E-state index contributed by atoms with van der Waals surface area (Å²) in [5, 5.41) is 3.30. The van der Waals surface area contributed by atoms with Crippen molar-refractivity contribution in [1.29, 1.82) is 0 Å². The van der Waals surface area contributed by atoms with Crippen LogP contribution in [0.3, 0.4) is 0 Å². The Balaban J connectivity index is 1.33. The molecule has 2 saturated carbocycles. The van der Waals surface area contributed by atoms with Gasteiger partial charge in [0.2, 0.25) is 0 Å². The number of anilines is 1. The standard InChI is InChI=1S/C22H29NO5S/c1-2-27-22(26)20-16-5-3-4-6-17(16)29-21(20)23-18(24)12-28-19(25)11-15-10-13-7-8-14(15)9-13/h13-15H,2-12H2,1H3,(H,23,24). The molecule has 1 aromatic heterocycles. The predicted octanol–water partition coefficient (Wildman–Crippen LogP) is 4.11. The van der Waals surface area contributed by atoms with Gasteiger partial charge in [-0.2, -0.15) is 0 Å². The second-order valence-electron chi connectivity index (χ2n) is 8.48. The van der Waals surface area contributed by atoms with Crippen molar-refractivity contribution >= 4 is 34.2 Å². The van der Waals surface area contributed by atoms with E-state index in [0.29, 0.717) is 28.8 Å². The lowest BCUT2D eigenvalue weighted by molar-refractivity contribution is -0.148. The highest BCUT2D eigenvalue weighted by Crippen LogP contribution is 2.49. The van der Waals surface area contributed by atoms with Crippen molar-refractivity contribution in [2.24, 2.45) is 17.8 Å². The molecule has 3 atom stereocenters. The van der Waals surface area contributed by atoms with E-state index in [1.165, 1.54) is 30.6 Å². The van der Waals surface area contributed by atoms with Gasteiger partial charge in [0, 0.05) is 11.3 Å². The minimum absolute atomic E-state index is 0.289. The lowest BCUT2D eigenvalue weighted by Gasteiger charge is -2.20. The molecule has 1 N–H and O–H groups in total. The highest BCUT2D eigenvalue weighted by atomic mass is 32.1. The van der Waals surface area contributed by atoms with Crippen LogP contribution in [0.25, 0.3) is 0 Å². The molecule has 0 aromatic carbocycles. The van der Waals surface area contributed by atoms with Gasteiger partial charge in [0.25, 0.3) is 5.91 Å². The summed E-state index contributed by atoms with van der Waals surface area (Å²) in [6.07, 6.45) is 9.17. The zero-order chi connectivity index (χ0) is 20.4. The SMILES string of the molecule is CCOC(=O)c1c(NC(=O)COC(=O)CC2CC3CCC2C3)sc2c1CCCC2. The average molecular weight is 420 g/mol. The number of aryl methyl sites for hydroxylation is 1. The Kier molecular flexibility index (Phi) is 6.23. The van der Waals surface area contributed by atoms with Crippen molar-refractivity contribution in [1.82, 2.24) is 0 Å². The van der Waals surface area contributed by atoms with E-state index in [1.54, 1.807) is 6.92 Å². The molecule has 3 unspecified atom stereocenters. The number of amides is 1. The van der Waals surface area contributed by atoms with Gasteiger partial charge < -0.3 is 14.8 Å². The smallest absolute Gasteiger partial charge is 0.341 e. The number of carbonyl (C=O) groups is 3. The van der Waals surface area contributed by atoms with Gasteiger partial charge in [0.1, 0.15) is 5.00 Å². The van der Waals surface area contributed by atoms with E-state index in [9.17, 15) is 14.4 Å². The quantitative estimate of drug-likeness (QED) is 0.673. The maximum Gasteiger partial charge on any atom is 0.341 e. The van der Waals surface area contributed by atoms with E-state index in [2.05, 4.69) is 5.32 Å². The van der Waals surface area contributed by atoms with E-state index in [0.717, 1.165) is 48.5 Å². The lowest BCUT2D eigenvalue weighted by atomic mass is 9.86. The summed E-state index contributed by atoms with van der Waals surface area (Å²) in [7, 11) is 0. The topological polar surface area (TPSA) is 81.7 Å². The van der Waals surface area contributed by atoms with Gasteiger partial charge in [-0.3, -0.25) is 9.59 Å². The highest BCUT2D eigenvalue weighted by molar-refractivity contribution is 7.17. The van der Waals surface area contributed by atoms with Crippen LogP contribution in [0, 0.1) is 17.8 Å². The molecule has 4 rings (SSSR count). The molecule has 1 aromatic rings. The first-order valence-electron chi connectivity index (χ1n) is 10.8. The first kappa shape index (κ1) is 20.4. The molecule has 0 spiro atoms. The van der Waals surface area contributed by atoms with Crippen molar-refractivity contribution in [3.05, 3.63) is 16.0 Å². The van der Waals surface area contributed by atoms with E-state index in [-0.39, 0.29) is 19.2 Å². The van der Waals surface area contributed by atoms with Crippen LogP contribution >= 0.6 is 11.3 Å². The molecular formula is C22H29NO5S. The first-order chi connectivity index (χ1) is 14.0. The fourth-order valence-electron chi connectivity index (χ4n) is 5.28. The minimum Gasteiger partial charge on any atom is -0.462 e. The molecule has 1 amide bonds. The van der Waals surface area contributed by atoms with E-state index < -0.39 is 11.9 Å². The molecule has 2 bridgehead atoms.